The first kappa shape index (κ1) is 10.3. The Balaban J connectivity index is 1.80. The van der Waals surface area contributed by atoms with Crippen molar-refractivity contribution < 1.29 is 4.79 Å². The molecule has 0 saturated heterocycles. The zero-order valence-electron chi connectivity index (χ0n) is 9.60. The fraction of sp³-hybridized carbons (Fsp3) is 0.188. The molecule has 1 saturated carbocycles. The lowest BCUT2D eigenvalue weighted by molar-refractivity contribution is -0.104. The third-order valence-electron chi connectivity index (χ3n) is 3.30. The van der Waals surface area contributed by atoms with Crippen LogP contribution in [0.5, 0.6) is 0 Å². The van der Waals surface area contributed by atoms with E-state index in [4.69, 9.17) is 0 Å². The standard InChI is InChI=1S/C16H14O/c17-11-15-10-14(16(15)13-8-9-13)7-6-12-4-2-1-3-5-12/h1-7,10-11,13H,8-9H2/b7-6+. The highest BCUT2D eigenvalue weighted by Crippen LogP contribution is 2.46. The van der Waals surface area contributed by atoms with E-state index in [1.807, 2.05) is 24.3 Å². The van der Waals surface area contributed by atoms with Crippen LogP contribution in [0.4, 0.5) is 0 Å². The van der Waals surface area contributed by atoms with E-state index in [0.717, 1.165) is 11.9 Å². The van der Waals surface area contributed by atoms with Gasteiger partial charge in [0.15, 0.2) is 0 Å². The molecule has 84 valence electrons. The van der Waals surface area contributed by atoms with Crippen LogP contribution in [0.3, 0.4) is 0 Å². The van der Waals surface area contributed by atoms with Crippen molar-refractivity contribution in [2.45, 2.75) is 12.8 Å². The Hall–Kier alpha value is -1.89. The number of rotatable bonds is 4. The molecule has 0 heterocycles. The Morgan fingerprint density at radius 3 is 2.47 bits per heavy atom. The smallest absolute Gasteiger partial charge is 0.150 e. The predicted molar refractivity (Wildman–Crippen MR) is 69.4 cm³/mol. The first-order valence-corrected chi connectivity index (χ1v) is 6.03. The van der Waals surface area contributed by atoms with Crippen molar-refractivity contribution in [2.24, 2.45) is 5.92 Å². The Morgan fingerprint density at radius 2 is 1.82 bits per heavy atom. The fourth-order valence-electron chi connectivity index (χ4n) is 2.24. The van der Waals surface area contributed by atoms with Crippen molar-refractivity contribution in [3.05, 3.63) is 64.8 Å². The third-order valence-corrected chi connectivity index (χ3v) is 3.30. The van der Waals surface area contributed by atoms with Gasteiger partial charge in [-0.15, -0.1) is 0 Å². The number of hydrogen-bond donors (Lipinski definition) is 0. The molecule has 0 spiro atoms. The molecule has 17 heavy (non-hydrogen) atoms. The normalized spacial score (nSPS) is 19.2. The SMILES string of the molecule is O=CC1=CC(/C=C/c2ccccc2)=C1C1CC1. The zero-order valence-corrected chi connectivity index (χ0v) is 9.60. The molecule has 1 heteroatoms. The number of carbonyl (C=O) groups excluding carboxylic acids is 1. The van der Waals surface area contributed by atoms with Crippen molar-refractivity contribution in [1.82, 2.24) is 0 Å². The average Bonchev–Trinajstić information content (AvgIpc) is 3.14. The summed E-state index contributed by atoms with van der Waals surface area (Å²) in [6.07, 6.45) is 9.67. The van der Waals surface area contributed by atoms with Crippen LogP contribution >= 0.6 is 0 Å². The van der Waals surface area contributed by atoms with Gasteiger partial charge in [0.1, 0.15) is 6.29 Å². The molecule has 3 rings (SSSR count). The minimum Gasteiger partial charge on any atom is -0.298 e. The van der Waals surface area contributed by atoms with Gasteiger partial charge >= 0.3 is 0 Å². The van der Waals surface area contributed by atoms with Crippen molar-refractivity contribution in [2.75, 3.05) is 0 Å². The molecular formula is C16H14O. The minimum atomic E-state index is 0.649. The summed E-state index contributed by atoms with van der Waals surface area (Å²) < 4.78 is 0. The highest BCUT2D eigenvalue weighted by molar-refractivity contribution is 5.88. The molecule has 0 amide bonds. The molecular weight excluding hydrogens is 208 g/mol. The first-order valence-electron chi connectivity index (χ1n) is 6.03. The summed E-state index contributed by atoms with van der Waals surface area (Å²) in [5.41, 5.74) is 4.62. The van der Waals surface area contributed by atoms with E-state index >= 15 is 0 Å². The molecule has 0 radical (unpaired) electrons. The molecule has 0 aliphatic heterocycles. The highest BCUT2D eigenvalue weighted by atomic mass is 16.1. The quantitative estimate of drug-likeness (QED) is 0.712. The monoisotopic (exact) mass is 222 g/mol. The first-order chi connectivity index (χ1) is 8.38. The largest absolute Gasteiger partial charge is 0.298 e. The van der Waals surface area contributed by atoms with Gasteiger partial charge in [-0.25, -0.2) is 0 Å². The zero-order chi connectivity index (χ0) is 11.7. The average molecular weight is 222 g/mol. The van der Waals surface area contributed by atoms with Gasteiger partial charge in [-0.2, -0.15) is 0 Å². The van der Waals surface area contributed by atoms with Crippen LogP contribution < -0.4 is 0 Å². The van der Waals surface area contributed by atoms with E-state index in [9.17, 15) is 4.79 Å². The Kier molecular flexibility index (Phi) is 2.52. The maximum absolute atomic E-state index is 10.8. The van der Waals surface area contributed by atoms with Crippen LogP contribution in [-0.2, 0) is 4.79 Å². The third kappa shape index (κ3) is 2.01. The second-order valence-corrected chi connectivity index (χ2v) is 4.60. The second-order valence-electron chi connectivity index (χ2n) is 4.60. The van der Waals surface area contributed by atoms with Gasteiger partial charge in [0.2, 0.25) is 0 Å². The topological polar surface area (TPSA) is 17.1 Å². The van der Waals surface area contributed by atoms with Gasteiger partial charge in [0, 0.05) is 5.57 Å². The molecule has 0 unspecified atom stereocenters. The fourth-order valence-corrected chi connectivity index (χ4v) is 2.24. The molecule has 0 aromatic heterocycles. The highest BCUT2D eigenvalue weighted by Gasteiger charge is 2.33. The van der Waals surface area contributed by atoms with Crippen LogP contribution in [-0.4, -0.2) is 6.29 Å². The van der Waals surface area contributed by atoms with Crippen LogP contribution in [0, 0.1) is 5.92 Å². The van der Waals surface area contributed by atoms with Crippen LogP contribution in [0.25, 0.3) is 6.08 Å². The van der Waals surface area contributed by atoms with E-state index in [0.29, 0.717) is 5.92 Å². The lowest BCUT2D eigenvalue weighted by Gasteiger charge is -2.18. The summed E-state index contributed by atoms with van der Waals surface area (Å²) in [6, 6.07) is 10.2. The Morgan fingerprint density at radius 1 is 1.06 bits per heavy atom. The lowest BCUT2D eigenvalue weighted by Crippen LogP contribution is -2.06. The predicted octanol–water partition coefficient (Wildman–Crippen LogP) is 3.55. The number of hydrogen-bond acceptors (Lipinski definition) is 1. The number of aldehydes is 1. The van der Waals surface area contributed by atoms with Gasteiger partial charge in [0.25, 0.3) is 0 Å². The number of allylic oxidation sites excluding steroid dienone is 5. The van der Waals surface area contributed by atoms with E-state index in [1.54, 1.807) is 0 Å². The van der Waals surface area contributed by atoms with E-state index < -0.39 is 0 Å². The van der Waals surface area contributed by atoms with Gasteiger partial charge in [-0.05, 0) is 41.5 Å². The molecule has 1 nitrogen and oxygen atoms in total. The van der Waals surface area contributed by atoms with Crippen LogP contribution in [0.15, 0.2) is 59.2 Å². The second kappa shape index (κ2) is 4.17. The summed E-state index contributed by atoms with van der Waals surface area (Å²) in [5, 5.41) is 0. The molecule has 1 aromatic rings. The summed E-state index contributed by atoms with van der Waals surface area (Å²) in [7, 11) is 0. The van der Waals surface area contributed by atoms with Gasteiger partial charge in [0.05, 0.1) is 0 Å². The summed E-state index contributed by atoms with van der Waals surface area (Å²) in [5.74, 6) is 0.649. The maximum atomic E-state index is 10.8. The van der Waals surface area contributed by atoms with E-state index in [-0.39, 0.29) is 0 Å². The molecule has 0 bridgehead atoms. The number of carbonyl (C=O) groups is 1. The molecule has 2 aliphatic carbocycles. The van der Waals surface area contributed by atoms with E-state index in [1.165, 1.54) is 29.6 Å². The molecule has 1 fully saturated rings. The summed E-state index contributed by atoms with van der Waals surface area (Å²) >= 11 is 0. The molecule has 0 atom stereocenters. The Bertz CT molecular complexity index is 528. The van der Waals surface area contributed by atoms with Crippen molar-refractivity contribution >= 4 is 12.4 Å². The number of benzene rings is 1. The molecule has 0 N–H and O–H groups in total. The molecule has 1 aromatic carbocycles. The van der Waals surface area contributed by atoms with Crippen LogP contribution in [0.2, 0.25) is 0 Å². The summed E-state index contributed by atoms with van der Waals surface area (Å²) in [4.78, 5) is 10.8. The van der Waals surface area contributed by atoms with Gasteiger partial charge < -0.3 is 0 Å². The van der Waals surface area contributed by atoms with Gasteiger partial charge in [-0.3, -0.25) is 4.79 Å². The molecule has 2 aliphatic rings. The van der Waals surface area contributed by atoms with Crippen molar-refractivity contribution in [3.8, 4) is 0 Å². The minimum absolute atomic E-state index is 0.649. The lowest BCUT2D eigenvalue weighted by atomic mass is 9.85. The van der Waals surface area contributed by atoms with Crippen LogP contribution in [0.1, 0.15) is 18.4 Å². The van der Waals surface area contributed by atoms with Gasteiger partial charge in [-0.1, -0.05) is 42.5 Å². The maximum Gasteiger partial charge on any atom is 0.150 e. The van der Waals surface area contributed by atoms with Crippen molar-refractivity contribution in [1.29, 1.82) is 0 Å². The summed E-state index contributed by atoms with van der Waals surface area (Å²) in [6.45, 7) is 0. The van der Waals surface area contributed by atoms with E-state index in [2.05, 4.69) is 24.3 Å². The van der Waals surface area contributed by atoms with Crippen molar-refractivity contribution in [3.63, 3.8) is 0 Å². The Labute approximate surface area is 101 Å².